The molecule has 0 atom stereocenters. The van der Waals surface area contributed by atoms with Crippen molar-refractivity contribution < 1.29 is 0 Å². The van der Waals surface area contributed by atoms with Gasteiger partial charge in [0, 0.05) is 13.2 Å². The predicted octanol–water partition coefficient (Wildman–Crippen LogP) is 1.68. The van der Waals surface area contributed by atoms with E-state index in [1.807, 2.05) is 7.05 Å². The van der Waals surface area contributed by atoms with E-state index in [2.05, 4.69) is 27.7 Å². The van der Waals surface area contributed by atoms with Crippen molar-refractivity contribution in [1.29, 1.82) is 0 Å². The third-order valence-corrected chi connectivity index (χ3v) is 2.14. The molecule has 0 aliphatic heterocycles. The number of hydrogen-bond acceptors (Lipinski definition) is 1. The molecule has 0 saturated carbocycles. The van der Waals surface area contributed by atoms with Crippen molar-refractivity contribution in [2.75, 3.05) is 0 Å². The molecule has 1 heterocycles. The summed E-state index contributed by atoms with van der Waals surface area (Å²) in [4.78, 5) is 0. The summed E-state index contributed by atoms with van der Waals surface area (Å²) in [5.41, 5.74) is 0. The Hall–Kier alpha value is 0.230. The largest absolute Gasteiger partial charge is 0.273 e. The monoisotopic (exact) mass is 242 g/mol. The highest BCUT2D eigenvalue weighted by Crippen LogP contribution is 2.14. The number of nitrogens with zero attached hydrogens (tertiary/aromatic N) is 2. The molecule has 1 rings (SSSR count). The van der Waals surface area contributed by atoms with Crippen molar-refractivity contribution in [1.82, 2.24) is 9.78 Å². The van der Waals surface area contributed by atoms with E-state index < -0.39 is 0 Å². The van der Waals surface area contributed by atoms with Gasteiger partial charge in [-0.25, -0.2) is 0 Å². The van der Waals surface area contributed by atoms with Gasteiger partial charge in [0.2, 0.25) is 0 Å². The lowest BCUT2D eigenvalue weighted by molar-refractivity contribution is 0.760. The van der Waals surface area contributed by atoms with E-state index in [1.165, 1.54) is 0 Å². The van der Waals surface area contributed by atoms with Gasteiger partial charge in [-0.3, -0.25) is 4.68 Å². The summed E-state index contributed by atoms with van der Waals surface area (Å²) in [7, 11) is 1.84. The Bertz CT molecular complexity index is 176. The van der Waals surface area contributed by atoms with Crippen molar-refractivity contribution >= 4 is 34.2 Å². The summed E-state index contributed by atoms with van der Waals surface area (Å²) in [5.74, 6) is 0. The van der Waals surface area contributed by atoms with Crippen LogP contribution in [0.5, 0.6) is 0 Å². The fourth-order valence-electron chi connectivity index (χ4n) is 0.432. The van der Waals surface area contributed by atoms with Crippen LogP contribution in [0.3, 0.4) is 0 Å². The Balaban J connectivity index is 3.14. The lowest BCUT2D eigenvalue weighted by atomic mass is 10.7. The molecule has 0 aliphatic carbocycles. The van der Waals surface area contributed by atoms with Gasteiger partial charge in [-0.2, -0.15) is 5.10 Å². The maximum atomic E-state index is 5.64. The molecule has 0 fully saturated rings. The van der Waals surface area contributed by atoms with Crippen LogP contribution in [0.15, 0.2) is 6.20 Å². The van der Waals surface area contributed by atoms with Gasteiger partial charge in [-0.05, 0) is 22.6 Å². The first-order chi connectivity index (χ1) is 3.70. The molecule has 44 valence electrons. The molecule has 8 heavy (non-hydrogen) atoms. The Kier molecular flexibility index (Phi) is 1.77. The Morgan fingerprint density at radius 1 is 1.88 bits per heavy atom. The Morgan fingerprint density at radius 2 is 2.50 bits per heavy atom. The van der Waals surface area contributed by atoms with Crippen LogP contribution in [0, 0.1) is 3.70 Å². The molecule has 0 radical (unpaired) electrons. The van der Waals surface area contributed by atoms with Crippen molar-refractivity contribution in [3.63, 3.8) is 0 Å². The molecule has 0 saturated heterocycles. The van der Waals surface area contributed by atoms with E-state index in [-0.39, 0.29) is 0 Å². The summed E-state index contributed by atoms with van der Waals surface area (Å²) in [6.45, 7) is 0. The molecule has 2 nitrogen and oxygen atoms in total. The number of aromatic nitrogens is 2. The summed E-state index contributed by atoms with van der Waals surface area (Å²) in [5, 5.41) is 4.70. The minimum atomic E-state index is 0.716. The fraction of sp³-hybridized carbons (Fsp3) is 0.250. The molecular formula is C4H4ClIN2. The Labute approximate surface area is 66.0 Å². The quantitative estimate of drug-likeness (QED) is 0.633. The van der Waals surface area contributed by atoms with Crippen LogP contribution >= 0.6 is 34.2 Å². The van der Waals surface area contributed by atoms with Crippen LogP contribution < -0.4 is 0 Å². The van der Waals surface area contributed by atoms with Crippen molar-refractivity contribution in [3.8, 4) is 0 Å². The summed E-state index contributed by atoms with van der Waals surface area (Å²) in [6, 6.07) is 0. The van der Waals surface area contributed by atoms with Gasteiger partial charge in [-0.1, -0.05) is 11.6 Å². The molecular weight excluding hydrogens is 238 g/mol. The minimum Gasteiger partial charge on any atom is -0.273 e. The van der Waals surface area contributed by atoms with E-state index in [0.29, 0.717) is 5.02 Å². The summed E-state index contributed by atoms with van der Waals surface area (Å²) in [6.07, 6.45) is 1.77. The molecule has 4 heteroatoms. The average Bonchev–Trinajstić information content (AvgIpc) is 1.85. The first-order valence-electron chi connectivity index (χ1n) is 2.05. The van der Waals surface area contributed by atoms with Gasteiger partial charge in [0.05, 0.1) is 5.02 Å². The van der Waals surface area contributed by atoms with E-state index >= 15 is 0 Å². The number of hydrogen-bond donors (Lipinski definition) is 0. The normalized spacial score (nSPS) is 9.88. The third-order valence-electron chi connectivity index (χ3n) is 0.743. The number of aryl methyl sites for hydroxylation is 1. The smallest absolute Gasteiger partial charge is 0.141 e. The van der Waals surface area contributed by atoms with E-state index in [1.54, 1.807) is 10.9 Å². The zero-order valence-corrected chi connectivity index (χ0v) is 7.14. The van der Waals surface area contributed by atoms with E-state index in [4.69, 9.17) is 11.6 Å². The second-order valence-electron chi connectivity index (χ2n) is 1.44. The molecule has 0 N–H and O–H groups in total. The third kappa shape index (κ3) is 1.14. The lowest BCUT2D eigenvalue weighted by Gasteiger charge is -1.78. The Morgan fingerprint density at radius 3 is 2.62 bits per heavy atom. The highest BCUT2D eigenvalue weighted by atomic mass is 127. The van der Waals surface area contributed by atoms with Gasteiger partial charge >= 0.3 is 0 Å². The van der Waals surface area contributed by atoms with Crippen LogP contribution in [-0.4, -0.2) is 9.78 Å². The average molecular weight is 242 g/mol. The maximum absolute atomic E-state index is 5.64. The standard InChI is InChI=1S/C4H4ClIN2/c1-8-2-3(5)4(6)7-8/h2H,1H3. The van der Waals surface area contributed by atoms with Gasteiger partial charge < -0.3 is 0 Å². The fourth-order valence-corrected chi connectivity index (χ4v) is 1.09. The van der Waals surface area contributed by atoms with Gasteiger partial charge in [0.25, 0.3) is 0 Å². The van der Waals surface area contributed by atoms with Crippen molar-refractivity contribution in [3.05, 3.63) is 14.9 Å². The summed E-state index contributed by atoms with van der Waals surface area (Å²) >= 11 is 7.72. The molecule has 0 aromatic carbocycles. The first-order valence-corrected chi connectivity index (χ1v) is 3.50. The number of halogens is 2. The van der Waals surface area contributed by atoms with Crippen LogP contribution in [0.25, 0.3) is 0 Å². The molecule has 1 aromatic heterocycles. The van der Waals surface area contributed by atoms with E-state index in [9.17, 15) is 0 Å². The van der Waals surface area contributed by atoms with E-state index in [0.717, 1.165) is 3.70 Å². The van der Waals surface area contributed by atoms with Crippen molar-refractivity contribution in [2.45, 2.75) is 0 Å². The van der Waals surface area contributed by atoms with Gasteiger partial charge in [-0.15, -0.1) is 0 Å². The zero-order chi connectivity index (χ0) is 6.15. The number of rotatable bonds is 0. The van der Waals surface area contributed by atoms with Crippen LogP contribution in [-0.2, 0) is 7.05 Å². The lowest BCUT2D eigenvalue weighted by Crippen LogP contribution is -1.85. The van der Waals surface area contributed by atoms with Crippen molar-refractivity contribution in [2.24, 2.45) is 7.05 Å². The maximum Gasteiger partial charge on any atom is 0.141 e. The van der Waals surface area contributed by atoms with Gasteiger partial charge in [0.15, 0.2) is 0 Å². The van der Waals surface area contributed by atoms with Crippen LogP contribution in [0.4, 0.5) is 0 Å². The molecule has 1 aromatic rings. The van der Waals surface area contributed by atoms with Crippen LogP contribution in [0.2, 0.25) is 5.02 Å². The topological polar surface area (TPSA) is 17.8 Å². The first kappa shape index (κ1) is 6.35. The molecule has 0 bridgehead atoms. The van der Waals surface area contributed by atoms with Crippen LogP contribution in [0.1, 0.15) is 0 Å². The highest BCUT2D eigenvalue weighted by molar-refractivity contribution is 14.1. The summed E-state index contributed by atoms with van der Waals surface area (Å²) < 4.78 is 2.54. The second-order valence-corrected chi connectivity index (χ2v) is 2.87. The zero-order valence-electron chi connectivity index (χ0n) is 4.23. The minimum absolute atomic E-state index is 0.716. The van der Waals surface area contributed by atoms with Gasteiger partial charge in [0.1, 0.15) is 3.70 Å². The molecule has 0 spiro atoms. The predicted molar refractivity (Wildman–Crippen MR) is 40.9 cm³/mol. The molecule has 0 amide bonds. The SMILES string of the molecule is Cn1cc(Cl)c(I)n1. The second kappa shape index (κ2) is 2.23. The molecule has 0 unspecified atom stereocenters. The molecule has 0 aliphatic rings. The highest BCUT2D eigenvalue weighted by Gasteiger charge is 1.97.